The number of aryl methyl sites for hydroxylation is 1. The molecule has 164 valence electrons. The van der Waals surface area contributed by atoms with Crippen LogP contribution in [0.4, 0.5) is 4.39 Å². The number of para-hydroxylation sites is 1. The molecule has 2 aromatic carbocycles. The predicted octanol–water partition coefficient (Wildman–Crippen LogP) is 6.11. The van der Waals surface area contributed by atoms with Gasteiger partial charge in [-0.15, -0.1) is 0 Å². The molecule has 0 atom stereocenters. The highest BCUT2D eigenvalue weighted by Crippen LogP contribution is 2.40. The van der Waals surface area contributed by atoms with Crippen LogP contribution < -0.4 is 5.32 Å². The van der Waals surface area contributed by atoms with E-state index in [1.54, 1.807) is 18.3 Å². The number of aromatic nitrogens is 2. The third kappa shape index (κ3) is 3.56. The van der Waals surface area contributed by atoms with Gasteiger partial charge in [0.2, 0.25) is 0 Å². The van der Waals surface area contributed by atoms with Crippen molar-refractivity contribution in [2.24, 2.45) is 0 Å². The number of rotatable bonds is 4. The molecule has 0 aliphatic heterocycles. The lowest BCUT2D eigenvalue weighted by Crippen LogP contribution is -2.37. The summed E-state index contributed by atoms with van der Waals surface area (Å²) in [6, 6.07) is 14.9. The molecule has 2 heterocycles. The monoisotopic (exact) mass is 429 g/mol. The zero-order valence-corrected chi connectivity index (χ0v) is 18.6. The highest BCUT2D eigenvalue weighted by molar-refractivity contribution is 6.05. The summed E-state index contributed by atoms with van der Waals surface area (Å²) in [5.41, 5.74) is 5.00. The average Bonchev–Trinajstić information content (AvgIpc) is 3.09. The zero-order valence-electron chi connectivity index (χ0n) is 18.6. The molecule has 2 aromatic heterocycles. The molecule has 1 fully saturated rings. The first-order chi connectivity index (χ1) is 15.6. The van der Waals surface area contributed by atoms with Crippen molar-refractivity contribution in [2.75, 3.05) is 0 Å². The van der Waals surface area contributed by atoms with Gasteiger partial charge in [0.15, 0.2) is 0 Å². The number of nitrogens with one attached hydrogen (secondary N) is 1. The Balaban J connectivity index is 1.33. The Morgan fingerprint density at radius 2 is 1.91 bits per heavy atom. The Kier molecular flexibility index (Phi) is 5.41. The molecule has 1 aliphatic carbocycles. The van der Waals surface area contributed by atoms with Crippen molar-refractivity contribution in [2.45, 2.75) is 58.0 Å². The minimum atomic E-state index is -0.184. The smallest absolute Gasteiger partial charge is 0.253 e. The average molecular weight is 430 g/mol. The maximum atomic E-state index is 14.0. The molecule has 1 aliphatic rings. The summed E-state index contributed by atoms with van der Waals surface area (Å²) in [5.74, 6) is 0.148. The molecule has 0 saturated heterocycles. The first-order valence-corrected chi connectivity index (χ1v) is 11.5. The van der Waals surface area contributed by atoms with E-state index in [1.807, 2.05) is 36.4 Å². The summed E-state index contributed by atoms with van der Waals surface area (Å²) in [6.07, 6.45) is 5.53. The number of fused-ring (bicyclic) bond motifs is 2. The Bertz CT molecular complexity index is 1300. The van der Waals surface area contributed by atoms with E-state index < -0.39 is 0 Å². The standard InChI is InChI=1S/C27H28FN3O/c1-3-31-17(2)25(23-16-20(28)11-14-24(23)31)18-9-12-21(13-10-18)30-27(32)22-8-4-6-19-7-5-15-29-26(19)22/h4-8,11,14-16,18,21H,3,9-10,12-13H2,1-2H3,(H,30,32). The van der Waals surface area contributed by atoms with Gasteiger partial charge in [-0.1, -0.05) is 18.2 Å². The van der Waals surface area contributed by atoms with Crippen LogP contribution in [0, 0.1) is 12.7 Å². The van der Waals surface area contributed by atoms with Crippen molar-refractivity contribution in [3.05, 3.63) is 77.4 Å². The summed E-state index contributed by atoms with van der Waals surface area (Å²) in [5, 5.41) is 5.24. The lowest BCUT2D eigenvalue weighted by atomic mass is 9.80. The topological polar surface area (TPSA) is 46.9 Å². The van der Waals surface area contributed by atoms with Gasteiger partial charge in [0.25, 0.3) is 5.91 Å². The number of pyridine rings is 1. The Labute approximate surface area is 187 Å². The number of carbonyl (C=O) groups is 1. The van der Waals surface area contributed by atoms with Crippen molar-refractivity contribution < 1.29 is 9.18 Å². The molecule has 4 nitrogen and oxygen atoms in total. The second kappa shape index (κ2) is 8.38. The van der Waals surface area contributed by atoms with Gasteiger partial charge in [0.1, 0.15) is 5.82 Å². The lowest BCUT2D eigenvalue weighted by Gasteiger charge is -2.30. The second-order valence-corrected chi connectivity index (χ2v) is 8.81. The van der Waals surface area contributed by atoms with E-state index in [2.05, 4.69) is 28.7 Å². The van der Waals surface area contributed by atoms with Crippen molar-refractivity contribution in [1.29, 1.82) is 0 Å². The molecule has 5 rings (SSSR count). The van der Waals surface area contributed by atoms with E-state index >= 15 is 0 Å². The van der Waals surface area contributed by atoms with Crippen LogP contribution in [-0.4, -0.2) is 21.5 Å². The Hall–Kier alpha value is -3.21. The fourth-order valence-electron chi connectivity index (χ4n) is 5.48. The predicted molar refractivity (Wildman–Crippen MR) is 127 cm³/mol. The highest BCUT2D eigenvalue weighted by atomic mass is 19.1. The van der Waals surface area contributed by atoms with Crippen LogP contribution in [0.15, 0.2) is 54.7 Å². The molecule has 4 aromatic rings. The van der Waals surface area contributed by atoms with Crippen molar-refractivity contribution in [3.8, 4) is 0 Å². The molecule has 0 radical (unpaired) electrons. The summed E-state index contributed by atoms with van der Waals surface area (Å²) >= 11 is 0. The van der Waals surface area contributed by atoms with E-state index in [0.717, 1.165) is 54.0 Å². The molecule has 32 heavy (non-hydrogen) atoms. The summed E-state index contributed by atoms with van der Waals surface area (Å²) < 4.78 is 16.3. The maximum absolute atomic E-state index is 14.0. The van der Waals surface area contributed by atoms with Gasteiger partial charge in [0.05, 0.1) is 11.1 Å². The van der Waals surface area contributed by atoms with E-state index in [9.17, 15) is 9.18 Å². The second-order valence-electron chi connectivity index (χ2n) is 8.81. The van der Waals surface area contributed by atoms with Crippen molar-refractivity contribution in [1.82, 2.24) is 14.9 Å². The number of hydrogen-bond donors (Lipinski definition) is 1. The van der Waals surface area contributed by atoms with Crippen LogP contribution in [0.1, 0.15) is 60.1 Å². The molecule has 1 saturated carbocycles. The van der Waals surface area contributed by atoms with Crippen LogP contribution in [0.2, 0.25) is 0 Å². The third-order valence-corrected chi connectivity index (χ3v) is 7.00. The molecule has 0 spiro atoms. The highest BCUT2D eigenvalue weighted by Gasteiger charge is 2.28. The minimum absolute atomic E-state index is 0.0569. The van der Waals surface area contributed by atoms with Crippen LogP contribution in [0.5, 0.6) is 0 Å². The quantitative estimate of drug-likeness (QED) is 0.425. The van der Waals surface area contributed by atoms with Gasteiger partial charge in [-0.25, -0.2) is 4.39 Å². The minimum Gasteiger partial charge on any atom is -0.349 e. The largest absolute Gasteiger partial charge is 0.349 e. The van der Waals surface area contributed by atoms with E-state index in [0.29, 0.717) is 11.5 Å². The molecule has 5 heteroatoms. The van der Waals surface area contributed by atoms with Gasteiger partial charge in [-0.3, -0.25) is 9.78 Å². The van der Waals surface area contributed by atoms with Gasteiger partial charge in [0, 0.05) is 40.8 Å². The number of nitrogens with zero attached hydrogens (tertiary/aromatic N) is 2. The zero-order chi connectivity index (χ0) is 22.2. The summed E-state index contributed by atoms with van der Waals surface area (Å²) in [4.78, 5) is 17.4. The fourth-order valence-corrected chi connectivity index (χ4v) is 5.48. The fraction of sp³-hybridized carbons (Fsp3) is 0.333. The van der Waals surface area contributed by atoms with Gasteiger partial charge < -0.3 is 9.88 Å². The van der Waals surface area contributed by atoms with Gasteiger partial charge >= 0.3 is 0 Å². The molecule has 0 unspecified atom stereocenters. The SMILES string of the molecule is CCn1c(C)c(C2CCC(NC(=O)c3cccc4cccnc34)CC2)c2cc(F)ccc21. The number of amides is 1. The van der Waals surface area contributed by atoms with Crippen LogP contribution in [0.25, 0.3) is 21.8 Å². The first-order valence-electron chi connectivity index (χ1n) is 11.5. The summed E-state index contributed by atoms with van der Waals surface area (Å²) in [7, 11) is 0. The molecule has 1 amide bonds. The number of hydrogen-bond acceptors (Lipinski definition) is 2. The summed E-state index contributed by atoms with van der Waals surface area (Å²) in [6.45, 7) is 5.16. The molecular weight excluding hydrogens is 401 g/mol. The van der Waals surface area contributed by atoms with E-state index in [-0.39, 0.29) is 17.8 Å². The van der Waals surface area contributed by atoms with Crippen LogP contribution in [0.3, 0.4) is 0 Å². The maximum Gasteiger partial charge on any atom is 0.253 e. The van der Waals surface area contributed by atoms with Crippen molar-refractivity contribution in [3.63, 3.8) is 0 Å². The van der Waals surface area contributed by atoms with Crippen LogP contribution >= 0.6 is 0 Å². The van der Waals surface area contributed by atoms with Crippen molar-refractivity contribution >= 4 is 27.7 Å². The van der Waals surface area contributed by atoms with Crippen LogP contribution in [-0.2, 0) is 6.54 Å². The number of carbonyl (C=O) groups excluding carboxylic acids is 1. The number of halogens is 1. The Morgan fingerprint density at radius 1 is 1.12 bits per heavy atom. The molecule has 0 bridgehead atoms. The number of benzene rings is 2. The lowest BCUT2D eigenvalue weighted by molar-refractivity contribution is 0.0927. The molecular formula is C27H28FN3O. The van der Waals surface area contributed by atoms with E-state index in [1.165, 1.54) is 11.3 Å². The Morgan fingerprint density at radius 3 is 2.69 bits per heavy atom. The van der Waals surface area contributed by atoms with Gasteiger partial charge in [-0.05, 0) is 81.3 Å². The third-order valence-electron chi connectivity index (χ3n) is 7.00. The normalized spacial score (nSPS) is 18.8. The van der Waals surface area contributed by atoms with Gasteiger partial charge in [-0.2, -0.15) is 0 Å². The van der Waals surface area contributed by atoms with E-state index in [4.69, 9.17) is 0 Å². The first kappa shape index (κ1) is 20.7. The molecule has 1 N–H and O–H groups in total.